The number of hydrogen-bond acceptors (Lipinski definition) is 2. The summed E-state index contributed by atoms with van der Waals surface area (Å²) < 4.78 is 5.47. The van der Waals surface area contributed by atoms with Gasteiger partial charge in [0.1, 0.15) is 11.5 Å². The zero-order chi connectivity index (χ0) is 9.14. The van der Waals surface area contributed by atoms with Crippen molar-refractivity contribution in [3.63, 3.8) is 0 Å². The summed E-state index contributed by atoms with van der Waals surface area (Å²) in [5.41, 5.74) is 0.797. The van der Waals surface area contributed by atoms with E-state index in [9.17, 15) is 5.11 Å². The van der Waals surface area contributed by atoms with Crippen LogP contribution in [0, 0.1) is 6.92 Å². The maximum atomic E-state index is 9.33. The van der Waals surface area contributed by atoms with E-state index in [1.165, 1.54) is 0 Å². The molecular weight excluding hydrogens is 152 g/mol. The highest BCUT2D eigenvalue weighted by Gasteiger charge is 2.04. The third-order valence-electron chi connectivity index (χ3n) is 1.62. The van der Waals surface area contributed by atoms with E-state index in [4.69, 9.17) is 4.74 Å². The van der Waals surface area contributed by atoms with Gasteiger partial charge in [0.15, 0.2) is 0 Å². The highest BCUT2D eigenvalue weighted by molar-refractivity contribution is 5.42. The average molecular weight is 166 g/mol. The van der Waals surface area contributed by atoms with Crippen molar-refractivity contribution < 1.29 is 9.84 Å². The van der Waals surface area contributed by atoms with Gasteiger partial charge in [0.25, 0.3) is 0 Å². The smallest absolute Gasteiger partial charge is 0.126 e. The molecule has 0 aliphatic rings. The van der Waals surface area contributed by atoms with E-state index in [0.29, 0.717) is 0 Å². The molecule has 0 unspecified atom stereocenters. The van der Waals surface area contributed by atoms with Gasteiger partial charge in [0, 0.05) is 5.56 Å². The summed E-state index contributed by atoms with van der Waals surface area (Å²) in [4.78, 5) is 0. The predicted molar refractivity (Wildman–Crippen MR) is 48.6 cm³/mol. The van der Waals surface area contributed by atoms with Crippen LogP contribution in [0.15, 0.2) is 18.2 Å². The molecule has 0 spiro atoms. The molecule has 1 aromatic rings. The van der Waals surface area contributed by atoms with Gasteiger partial charge in [-0.15, -0.1) is 0 Å². The SMILES string of the molecule is Cc1c(O)cccc1OC(C)C. The number of phenolic OH excluding ortho intramolecular Hbond substituents is 1. The first-order chi connectivity index (χ1) is 5.61. The van der Waals surface area contributed by atoms with Gasteiger partial charge >= 0.3 is 0 Å². The molecule has 12 heavy (non-hydrogen) atoms. The van der Waals surface area contributed by atoms with Crippen molar-refractivity contribution in [2.24, 2.45) is 0 Å². The molecule has 0 fully saturated rings. The van der Waals surface area contributed by atoms with Crippen molar-refractivity contribution in [1.82, 2.24) is 0 Å². The maximum Gasteiger partial charge on any atom is 0.126 e. The lowest BCUT2D eigenvalue weighted by Gasteiger charge is -2.12. The molecule has 0 atom stereocenters. The lowest BCUT2D eigenvalue weighted by atomic mass is 10.2. The molecule has 0 saturated carbocycles. The number of phenols is 1. The van der Waals surface area contributed by atoms with Crippen LogP contribution in [0.3, 0.4) is 0 Å². The minimum Gasteiger partial charge on any atom is -0.508 e. The molecule has 1 aromatic carbocycles. The van der Waals surface area contributed by atoms with Crippen molar-refractivity contribution in [3.8, 4) is 11.5 Å². The van der Waals surface area contributed by atoms with Gasteiger partial charge in [0.2, 0.25) is 0 Å². The van der Waals surface area contributed by atoms with E-state index in [1.54, 1.807) is 12.1 Å². The number of benzene rings is 1. The fraction of sp³-hybridized carbons (Fsp3) is 0.400. The summed E-state index contributed by atoms with van der Waals surface area (Å²) in [6.07, 6.45) is 0.144. The summed E-state index contributed by atoms with van der Waals surface area (Å²) in [7, 11) is 0. The van der Waals surface area contributed by atoms with Crippen molar-refractivity contribution >= 4 is 0 Å². The number of hydrogen-bond donors (Lipinski definition) is 1. The van der Waals surface area contributed by atoms with Gasteiger partial charge in [0.05, 0.1) is 6.10 Å². The van der Waals surface area contributed by atoms with Gasteiger partial charge in [-0.25, -0.2) is 0 Å². The fourth-order valence-corrected chi connectivity index (χ4v) is 0.984. The van der Waals surface area contributed by atoms with E-state index in [-0.39, 0.29) is 11.9 Å². The summed E-state index contributed by atoms with van der Waals surface area (Å²) in [6, 6.07) is 5.29. The standard InChI is InChI=1S/C10H14O2/c1-7(2)12-10-6-4-5-9(11)8(10)3/h4-7,11H,1-3H3. The first-order valence-corrected chi connectivity index (χ1v) is 4.06. The Labute approximate surface area is 72.8 Å². The Morgan fingerprint density at radius 1 is 1.33 bits per heavy atom. The highest BCUT2D eigenvalue weighted by Crippen LogP contribution is 2.26. The van der Waals surface area contributed by atoms with Gasteiger partial charge in [-0.2, -0.15) is 0 Å². The zero-order valence-electron chi connectivity index (χ0n) is 7.66. The highest BCUT2D eigenvalue weighted by atomic mass is 16.5. The quantitative estimate of drug-likeness (QED) is 0.731. The third-order valence-corrected chi connectivity index (χ3v) is 1.62. The van der Waals surface area contributed by atoms with Crippen LogP contribution in [-0.4, -0.2) is 11.2 Å². The van der Waals surface area contributed by atoms with Crippen LogP contribution in [0.25, 0.3) is 0 Å². The van der Waals surface area contributed by atoms with Crippen molar-refractivity contribution in [1.29, 1.82) is 0 Å². The average Bonchev–Trinajstić information content (AvgIpc) is 1.98. The molecule has 0 aliphatic carbocycles. The van der Waals surface area contributed by atoms with Crippen LogP contribution in [-0.2, 0) is 0 Å². The largest absolute Gasteiger partial charge is 0.508 e. The first kappa shape index (κ1) is 8.91. The lowest BCUT2D eigenvalue weighted by Crippen LogP contribution is -2.06. The van der Waals surface area contributed by atoms with Crippen LogP contribution in [0.5, 0.6) is 11.5 Å². The second kappa shape index (κ2) is 3.48. The Kier molecular flexibility index (Phi) is 2.58. The maximum absolute atomic E-state index is 9.33. The van der Waals surface area contributed by atoms with Gasteiger partial charge in [-0.1, -0.05) is 6.07 Å². The molecule has 0 aromatic heterocycles. The Bertz CT molecular complexity index is 267. The summed E-state index contributed by atoms with van der Waals surface area (Å²) in [5.74, 6) is 1.04. The molecule has 2 nitrogen and oxygen atoms in total. The number of ether oxygens (including phenoxy) is 1. The molecule has 2 heteroatoms. The molecule has 0 aliphatic heterocycles. The minimum atomic E-state index is 0.144. The molecule has 0 radical (unpaired) electrons. The minimum absolute atomic E-state index is 0.144. The molecule has 0 bridgehead atoms. The second-order valence-corrected chi connectivity index (χ2v) is 3.07. The lowest BCUT2D eigenvalue weighted by molar-refractivity contribution is 0.239. The molecule has 0 saturated heterocycles. The normalized spacial score (nSPS) is 10.3. The van der Waals surface area contributed by atoms with Crippen LogP contribution < -0.4 is 4.74 Å². The van der Waals surface area contributed by atoms with Crippen LogP contribution in [0.1, 0.15) is 19.4 Å². The zero-order valence-corrected chi connectivity index (χ0v) is 7.66. The van der Waals surface area contributed by atoms with E-state index in [2.05, 4.69) is 0 Å². The molecule has 66 valence electrons. The van der Waals surface area contributed by atoms with E-state index in [0.717, 1.165) is 11.3 Å². The Morgan fingerprint density at radius 2 is 2.00 bits per heavy atom. The number of aromatic hydroxyl groups is 1. The van der Waals surface area contributed by atoms with E-state index in [1.807, 2.05) is 26.8 Å². The van der Waals surface area contributed by atoms with E-state index >= 15 is 0 Å². The second-order valence-electron chi connectivity index (χ2n) is 3.07. The fourth-order valence-electron chi connectivity index (χ4n) is 0.984. The summed E-state index contributed by atoms with van der Waals surface area (Å²) in [6.45, 7) is 5.76. The summed E-state index contributed by atoms with van der Waals surface area (Å²) >= 11 is 0. The molecule has 0 heterocycles. The topological polar surface area (TPSA) is 29.5 Å². The van der Waals surface area contributed by atoms with Crippen molar-refractivity contribution in [2.45, 2.75) is 26.9 Å². The third kappa shape index (κ3) is 1.91. The molecular formula is C10H14O2. The number of rotatable bonds is 2. The van der Waals surface area contributed by atoms with Crippen LogP contribution in [0.2, 0.25) is 0 Å². The van der Waals surface area contributed by atoms with Gasteiger partial charge in [-0.3, -0.25) is 0 Å². The Morgan fingerprint density at radius 3 is 2.58 bits per heavy atom. The molecule has 0 amide bonds. The predicted octanol–water partition coefficient (Wildman–Crippen LogP) is 2.49. The van der Waals surface area contributed by atoms with Gasteiger partial charge in [-0.05, 0) is 32.9 Å². The molecule has 1 rings (SSSR count). The van der Waals surface area contributed by atoms with Crippen molar-refractivity contribution in [2.75, 3.05) is 0 Å². The molecule has 1 N–H and O–H groups in total. The Hall–Kier alpha value is -1.18. The van der Waals surface area contributed by atoms with Crippen LogP contribution >= 0.6 is 0 Å². The summed E-state index contributed by atoms with van der Waals surface area (Å²) in [5, 5.41) is 9.33. The van der Waals surface area contributed by atoms with E-state index < -0.39 is 0 Å². The first-order valence-electron chi connectivity index (χ1n) is 4.06. The van der Waals surface area contributed by atoms with Gasteiger partial charge < -0.3 is 9.84 Å². The Balaban J connectivity index is 2.92. The van der Waals surface area contributed by atoms with Crippen LogP contribution in [0.4, 0.5) is 0 Å². The van der Waals surface area contributed by atoms with Crippen molar-refractivity contribution in [3.05, 3.63) is 23.8 Å². The monoisotopic (exact) mass is 166 g/mol.